The molecule has 1 aromatic carbocycles. The van der Waals surface area contributed by atoms with Crippen molar-refractivity contribution in [3.05, 3.63) is 35.4 Å². The van der Waals surface area contributed by atoms with E-state index in [1.165, 1.54) is 0 Å². The van der Waals surface area contributed by atoms with Gasteiger partial charge in [0.05, 0.1) is 5.41 Å². The fourth-order valence-corrected chi connectivity index (χ4v) is 2.65. The van der Waals surface area contributed by atoms with Gasteiger partial charge in [0.2, 0.25) is 0 Å². The first-order valence-corrected chi connectivity index (χ1v) is 5.86. The zero-order chi connectivity index (χ0) is 11.8. The Kier molecular flexibility index (Phi) is 2.66. The molecule has 1 aromatic rings. The van der Waals surface area contributed by atoms with Crippen molar-refractivity contribution in [2.75, 3.05) is 0 Å². The van der Waals surface area contributed by atoms with Crippen LogP contribution in [0, 0.1) is 5.41 Å². The van der Waals surface area contributed by atoms with Gasteiger partial charge in [0.1, 0.15) is 0 Å². The van der Waals surface area contributed by atoms with Crippen molar-refractivity contribution in [3.8, 4) is 0 Å². The van der Waals surface area contributed by atoms with Crippen LogP contribution in [-0.4, -0.2) is 11.6 Å². The van der Waals surface area contributed by atoms with E-state index in [1.807, 2.05) is 26.0 Å². The number of hydrogen-bond acceptors (Lipinski definition) is 2. The molecule has 2 rings (SSSR count). The number of carbonyl (C=O) groups excluding carboxylic acids is 2. The number of rotatable bonds is 3. The van der Waals surface area contributed by atoms with Gasteiger partial charge in [-0.05, 0) is 12.8 Å². The van der Waals surface area contributed by atoms with Crippen molar-refractivity contribution in [2.24, 2.45) is 5.41 Å². The van der Waals surface area contributed by atoms with E-state index < -0.39 is 5.41 Å². The third-order valence-electron chi connectivity index (χ3n) is 3.57. The highest BCUT2D eigenvalue weighted by Gasteiger charge is 2.50. The Labute approximate surface area is 95.7 Å². The second-order valence-electron chi connectivity index (χ2n) is 4.39. The summed E-state index contributed by atoms with van der Waals surface area (Å²) in [6.45, 7) is 3.94. The molecular weight excluding hydrogens is 200 g/mol. The van der Waals surface area contributed by atoms with Gasteiger partial charge in [-0.25, -0.2) is 0 Å². The SMILES string of the molecule is CCCC1(CC)C(=O)c2ccccc2C1=O. The highest BCUT2D eigenvalue weighted by Crippen LogP contribution is 2.42. The summed E-state index contributed by atoms with van der Waals surface area (Å²) in [6.07, 6.45) is 2.13. The molecule has 2 heteroatoms. The quantitative estimate of drug-likeness (QED) is 0.727. The first kappa shape index (κ1) is 11.1. The molecule has 0 unspecified atom stereocenters. The van der Waals surface area contributed by atoms with Gasteiger partial charge >= 0.3 is 0 Å². The maximum atomic E-state index is 12.3. The van der Waals surface area contributed by atoms with Crippen LogP contribution in [0.1, 0.15) is 53.8 Å². The molecule has 0 aliphatic heterocycles. The average molecular weight is 216 g/mol. The molecule has 0 atom stereocenters. The van der Waals surface area contributed by atoms with E-state index in [0.29, 0.717) is 24.0 Å². The fourth-order valence-electron chi connectivity index (χ4n) is 2.65. The summed E-state index contributed by atoms with van der Waals surface area (Å²) in [5.74, 6) is 0.0508. The summed E-state index contributed by atoms with van der Waals surface area (Å²) in [4.78, 5) is 24.7. The Morgan fingerprint density at radius 2 is 1.50 bits per heavy atom. The van der Waals surface area contributed by atoms with Gasteiger partial charge in [0.25, 0.3) is 0 Å². The first-order valence-electron chi connectivity index (χ1n) is 5.86. The minimum atomic E-state index is -0.765. The maximum Gasteiger partial charge on any atom is 0.177 e. The molecule has 0 saturated carbocycles. The van der Waals surface area contributed by atoms with Gasteiger partial charge in [-0.2, -0.15) is 0 Å². The first-order chi connectivity index (χ1) is 7.67. The predicted molar refractivity (Wildman–Crippen MR) is 62.7 cm³/mol. The van der Waals surface area contributed by atoms with E-state index in [4.69, 9.17) is 0 Å². The van der Waals surface area contributed by atoms with Crippen LogP contribution in [0.3, 0.4) is 0 Å². The summed E-state index contributed by atoms with van der Waals surface area (Å²) < 4.78 is 0. The highest BCUT2D eigenvalue weighted by atomic mass is 16.2. The summed E-state index contributed by atoms with van der Waals surface area (Å²) in [6, 6.07) is 7.18. The Morgan fingerprint density at radius 3 is 1.88 bits per heavy atom. The van der Waals surface area contributed by atoms with E-state index in [1.54, 1.807) is 12.1 Å². The second-order valence-corrected chi connectivity index (χ2v) is 4.39. The van der Waals surface area contributed by atoms with Gasteiger partial charge in [0, 0.05) is 11.1 Å². The van der Waals surface area contributed by atoms with E-state index in [-0.39, 0.29) is 11.6 Å². The van der Waals surface area contributed by atoms with Crippen LogP contribution in [0.25, 0.3) is 0 Å². The van der Waals surface area contributed by atoms with Gasteiger partial charge in [-0.1, -0.05) is 44.5 Å². The number of Topliss-reactive ketones (excluding diaryl/α,β-unsaturated/α-hetero) is 2. The number of benzene rings is 1. The summed E-state index contributed by atoms with van der Waals surface area (Å²) >= 11 is 0. The third kappa shape index (κ3) is 1.26. The van der Waals surface area contributed by atoms with E-state index in [9.17, 15) is 9.59 Å². The fraction of sp³-hybridized carbons (Fsp3) is 0.429. The summed E-state index contributed by atoms with van der Waals surface area (Å²) in [7, 11) is 0. The molecule has 0 amide bonds. The molecule has 0 spiro atoms. The Morgan fingerprint density at radius 1 is 1.00 bits per heavy atom. The highest BCUT2D eigenvalue weighted by molar-refractivity contribution is 6.29. The van der Waals surface area contributed by atoms with Crippen LogP contribution in [0.2, 0.25) is 0 Å². The van der Waals surface area contributed by atoms with Crippen molar-refractivity contribution in [1.29, 1.82) is 0 Å². The number of carbonyl (C=O) groups is 2. The molecule has 0 aromatic heterocycles. The number of ketones is 2. The molecule has 84 valence electrons. The van der Waals surface area contributed by atoms with Crippen LogP contribution in [-0.2, 0) is 0 Å². The zero-order valence-corrected chi connectivity index (χ0v) is 9.75. The molecule has 0 radical (unpaired) electrons. The molecular formula is C14H16O2. The Balaban J connectivity index is 2.56. The molecule has 1 aliphatic carbocycles. The lowest BCUT2D eigenvalue weighted by Gasteiger charge is -2.23. The van der Waals surface area contributed by atoms with Gasteiger partial charge in [-0.15, -0.1) is 0 Å². The van der Waals surface area contributed by atoms with Crippen molar-refractivity contribution in [1.82, 2.24) is 0 Å². The van der Waals surface area contributed by atoms with Crippen molar-refractivity contribution < 1.29 is 9.59 Å². The number of fused-ring (bicyclic) bond motifs is 1. The predicted octanol–water partition coefficient (Wildman–Crippen LogP) is 3.26. The van der Waals surface area contributed by atoms with Crippen molar-refractivity contribution in [3.63, 3.8) is 0 Å². The minimum Gasteiger partial charge on any atom is -0.293 e. The van der Waals surface area contributed by atoms with Crippen LogP contribution in [0.4, 0.5) is 0 Å². The van der Waals surface area contributed by atoms with Gasteiger partial charge in [-0.3, -0.25) is 9.59 Å². The molecule has 0 heterocycles. The van der Waals surface area contributed by atoms with E-state index in [2.05, 4.69) is 0 Å². The Bertz CT molecular complexity index is 411. The van der Waals surface area contributed by atoms with Crippen LogP contribution >= 0.6 is 0 Å². The zero-order valence-electron chi connectivity index (χ0n) is 9.75. The molecule has 0 N–H and O–H groups in total. The second kappa shape index (κ2) is 3.85. The standard InChI is InChI=1S/C14H16O2/c1-3-9-14(4-2)12(15)10-7-5-6-8-11(10)13(14)16/h5-8H,3-4,9H2,1-2H3. The molecule has 0 bridgehead atoms. The lowest BCUT2D eigenvalue weighted by molar-refractivity contribution is 0.0673. The third-order valence-corrected chi connectivity index (χ3v) is 3.57. The van der Waals surface area contributed by atoms with Gasteiger partial charge in [0.15, 0.2) is 11.6 Å². The molecule has 1 aliphatic rings. The lowest BCUT2D eigenvalue weighted by atomic mass is 9.76. The molecule has 2 nitrogen and oxygen atoms in total. The minimum absolute atomic E-state index is 0.0254. The molecule has 0 saturated heterocycles. The monoisotopic (exact) mass is 216 g/mol. The van der Waals surface area contributed by atoms with Gasteiger partial charge < -0.3 is 0 Å². The summed E-state index contributed by atoms with van der Waals surface area (Å²) in [5, 5.41) is 0. The van der Waals surface area contributed by atoms with E-state index in [0.717, 1.165) is 6.42 Å². The molecule has 0 fully saturated rings. The topological polar surface area (TPSA) is 34.1 Å². The average Bonchev–Trinajstić information content (AvgIpc) is 2.53. The molecule has 16 heavy (non-hydrogen) atoms. The van der Waals surface area contributed by atoms with Crippen molar-refractivity contribution in [2.45, 2.75) is 33.1 Å². The summed E-state index contributed by atoms with van der Waals surface area (Å²) in [5.41, 5.74) is 0.462. The van der Waals surface area contributed by atoms with E-state index >= 15 is 0 Å². The Hall–Kier alpha value is -1.44. The smallest absolute Gasteiger partial charge is 0.177 e. The largest absolute Gasteiger partial charge is 0.293 e. The number of hydrogen-bond donors (Lipinski definition) is 0. The van der Waals surface area contributed by atoms with Crippen LogP contribution < -0.4 is 0 Å². The lowest BCUT2D eigenvalue weighted by Crippen LogP contribution is -2.32. The normalized spacial score (nSPS) is 17.6. The maximum absolute atomic E-state index is 12.3. The van der Waals surface area contributed by atoms with Crippen LogP contribution in [0.5, 0.6) is 0 Å². The van der Waals surface area contributed by atoms with Crippen LogP contribution in [0.15, 0.2) is 24.3 Å². The van der Waals surface area contributed by atoms with Crippen molar-refractivity contribution >= 4 is 11.6 Å².